The van der Waals surface area contributed by atoms with Gasteiger partial charge in [-0.05, 0) is 32.0 Å². The van der Waals surface area contributed by atoms with Gasteiger partial charge in [-0.25, -0.2) is 0 Å². The Labute approximate surface area is 141 Å². The summed E-state index contributed by atoms with van der Waals surface area (Å²) in [6.07, 6.45) is 2.76. The largest absolute Gasteiger partial charge is 0.355 e. The maximum atomic E-state index is 12.3. The highest BCUT2D eigenvalue weighted by Gasteiger charge is 2.35. The number of hydrogen-bond donors (Lipinski definition) is 1. The quantitative estimate of drug-likeness (QED) is 0.864. The Morgan fingerprint density at radius 2 is 2.13 bits per heavy atom. The third-order valence-electron chi connectivity index (χ3n) is 4.57. The van der Waals surface area contributed by atoms with Gasteiger partial charge in [-0.1, -0.05) is 23.7 Å². The number of carbonyl (C=O) groups excluding carboxylic acids is 2. The molecule has 2 amide bonds. The van der Waals surface area contributed by atoms with Crippen LogP contribution in [0, 0.1) is 5.92 Å². The van der Waals surface area contributed by atoms with Crippen LogP contribution in [0.2, 0.25) is 5.02 Å². The summed E-state index contributed by atoms with van der Waals surface area (Å²) in [5.74, 6) is -0.393. The zero-order chi connectivity index (χ0) is 16.4. The molecule has 0 radical (unpaired) electrons. The van der Waals surface area contributed by atoms with Gasteiger partial charge in [0, 0.05) is 32.1 Å². The van der Waals surface area contributed by atoms with E-state index in [4.69, 9.17) is 11.6 Å². The molecule has 0 spiro atoms. The molecule has 1 atom stereocenters. The van der Waals surface area contributed by atoms with E-state index >= 15 is 0 Å². The van der Waals surface area contributed by atoms with Crippen LogP contribution in [0.1, 0.15) is 19.3 Å². The highest BCUT2D eigenvalue weighted by Crippen LogP contribution is 2.31. The van der Waals surface area contributed by atoms with Gasteiger partial charge < -0.3 is 15.1 Å². The fourth-order valence-corrected chi connectivity index (χ4v) is 3.22. The van der Waals surface area contributed by atoms with Gasteiger partial charge in [0.25, 0.3) is 0 Å². The lowest BCUT2D eigenvalue weighted by atomic mass is 10.1. The second-order valence-corrected chi connectivity index (χ2v) is 6.77. The maximum absolute atomic E-state index is 12.3. The van der Waals surface area contributed by atoms with Crippen LogP contribution in [-0.4, -0.2) is 49.4 Å². The van der Waals surface area contributed by atoms with Crippen LogP contribution in [0.3, 0.4) is 0 Å². The molecule has 0 unspecified atom stereocenters. The Hall–Kier alpha value is -1.59. The zero-order valence-corrected chi connectivity index (χ0v) is 14.1. The number of carbonyl (C=O) groups is 2. The minimum Gasteiger partial charge on any atom is -0.355 e. The average molecular weight is 336 g/mol. The molecule has 23 heavy (non-hydrogen) atoms. The van der Waals surface area contributed by atoms with E-state index in [0.717, 1.165) is 6.54 Å². The van der Waals surface area contributed by atoms with E-state index in [-0.39, 0.29) is 24.2 Å². The molecule has 3 rings (SSSR count). The van der Waals surface area contributed by atoms with Gasteiger partial charge in [0.05, 0.1) is 16.6 Å². The first-order chi connectivity index (χ1) is 11.1. The normalized spacial score (nSPS) is 21.1. The summed E-state index contributed by atoms with van der Waals surface area (Å²) in [7, 11) is 2.09. The van der Waals surface area contributed by atoms with Crippen molar-refractivity contribution in [1.82, 2.24) is 10.2 Å². The molecule has 6 heteroatoms. The summed E-state index contributed by atoms with van der Waals surface area (Å²) in [5.41, 5.74) is 0.683. The summed E-state index contributed by atoms with van der Waals surface area (Å²) < 4.78 is 0. The Balaban J connectivity index is 1.52. The van der Waals surface area contributed by atoms with Crippen molar-refractivity contribution in [3.63, 3.8) is 0 Å². The molecule has 1 N–H and O–H groups in total. The van der Waals surface area contributed by atoms with Gasteiger partial charge in [-0.2, -0.15) is 0 Å². The van der Waals surface area contributed by atoms with Gasteiger partial charge in [-0.15, -0.1) is 0 Å². The Morgan fingerprint density at radius 1 is 1.39 bits per heavy atom. The first kappa shape index (κ1) is 16.3. The number of anilines is 1. The second kappa shape index (κ2) is 6.89. The van der Waals surface area contributed by atoms with Crippen molar-refractivity contribution in [3.05, 3.63) is 29.3 Å². The van der Waals surface area contributed by atoms with E-state index in [2.05, 4.69) is 17.3 Å². The number of rotatable bonds is 6. The number of nitrogens with zero attached hydrogens (tertiary/aromatic N) is 2. The van der Waals surface area contributed by atoms with Crippen LogP contribution in [-0.2, 0) is 9.59 Å². The van der Waals surface area contributed by atoms with Gasteiger partial charge >= 0.3 is 0 Å². The van der Waals surface area contributed by atoms with Crippen LogP contribution < -0.4 is 10.2 Å². The first-order valence-corrected chi connectivity index (χ1v) is 8.47. The maximum Gasteiger partial charge on any atom is 0.227 e. The lowest BCUT2D eigenvalue weighted by molar-refractivity contribution is -0.126. The molecule has 124 valence electrons. The van der Waals surface area contributed by atoms with Crippen molar-refractivity contribution in [2.24, 2.45) is 5.92 Å². The van der Waals surface area contributed by atoms with E-state index in [1.165, 1.54) is 12.8 Å². The van der Waals surface area contributed by atoms with Crippen LogP contribution in [0.5, 0.6) is 0 Å². The Morgan fingerprint density at radius 3 is 2.83 bits per heavy atom. The third kappa shape index (κ3) is 3.85. The number of amides is 2. The summed E-state index contributed by atoms with van der Waals surface area (Å²) in [6, 6.07) is 7.93. The summed E-state index contributed by atoms with van der Waals surface area (Å²) in [4.78, 5) is 28.4. The molecule has 0 bridgehead atoms. The van der Waals surface area contributed by atoms with Gasteiger partial charge in [0.1, 0.15) is 0 Å². The van der Waals surface area contributed by atoms with E-state index < -0.39 is 0 Å². The van der Waals surface area contributed by atoms with Crippen molar-refractivity contribution in [2.75, 3.05) is 31.6 Å². The van der Waals surface area contributed by atoms with Crippen molar-refractivity contribution in [3.8, 4) is 0 Å². The standard InChI is InChI=1S/C17H22ClN3O2/c1-20(13-6-7-13)9-8-19-17(23)12-10-16(22)21(11-12)15-5-3-2-4-14(15)18/h2-5,12-13H,6-11H2,1H3,(H,19,23)/t12-/m0/s1. The molecule has 5 nitrogen and oxygen atoms in total. The molecule has 1 aliphatic heterocycles. The molecule has 2 aliphatic rings. The lowest BCUT2D eigenvalue weighted by Gasteiger charge is -2.19. The highest BCUT2D eigenvalue weighted by atomic mass is 35.5. The molecule has 1 aliphatic carbocycles. The van der Waals surface area contributed by atoms with Crippen LogP contribution in [0.15, 0.2) is 24.3 Å². The smallest absolute Gasteiger partial charge is 0.227 e. The number of likely N-dealkylation sites (N-methyl/N-ethyl adjacent to an activating group) is 1. The summed E-state index contributed by atoms with van der Waals surface area (Å²) in [6.45, 7) is 1.88. The number of hydrogen-bond acceptors (Lipinski definition) is 3. The predicted molar refractivity (Wildman–Crippen MR) is 90.6 cm³/mol. The SMILES string of the molecule is CN(CCNC(=O)[C@H]1CC(=O)N(c2ccccc2Cl)C1)C1CC1. The van der Waals surface area contributed by atoms with Crippen molar-refractivity contribution in [1.29, 1.82) is 0 Å². The minimum atomic E-state index is -0.301. The molecule has 1 aromatic carbocycles. The number of halogens is 1. The topological polar surface area (TPSA) is 52.7 Å². The fourth-order valence-electron chi connectivity index (χ4n) is 2.98. The average Bonchev–Trinajstić information content (AvgIpc) is 3.31. The van der Waals surface area contributed by atoms with Crippen LogP contribution in [0.4, 0.5) is 5.69 Å². The van der Waals surface area contributed by atoms with Crippen molar-refractivity contribution >= 4 is 29.1 Å². The molecule has 1 saturated carbocycles. The predicted octanol–water partition coefficient (Wildman–Crippen LogP) is 1.90. The molecular formula is C17H22ClN3O2. The van der Waals surface area contributed by atoms with E-state index in [9.17, 15) is 9.59 Å². The number of nitrogens with one attached hydrogen (secondary N) is 1. The Kier molecular flexibility index (Phi) is 4.87. The Bertz CT molecular complexity index is 603. The second-order valence-electron chi connectivity index (χ2n) is 6.36. The van der Waals surface area contributed by atoms with Crippen molar-refractivity contribution < 1.29 is 9.59 Å². The molecule has 2 fully saturated rings. The van der Waals surface area contributed by atoms with Crippen molar-refractivity contribution in [2.45, 2.75) is 25.3 Å². The van der Waals surface area contributed by atoms with E-state index in [1.54, 1.807) is 11.0 Å². The van der Waals surface area contributed by atoms with Gasteiger partial charge in [0.15, 0.2) is 0 Å². The molecule has 1 saturated heterocycles. The highest BCUT2D eigenvalue weighted by molar-refractivity contribution is 6.33. The monoisotopic (exact) mass is 335 g/mol. The van der Waals surface area contributed by atoms with E-state index in [0.29, 0.717) is 29.8 Å². The third-order valence-corrected chi connectivity index (χ3v) is 4.89. The van der Waals surface area contributed by atoms with E-state index in [1.807, 2.05) is 18.2 Å². The number of para-hydroxylation sites is 1. The van der Waals surface area contributed by atoms with Gasteiger partial charge in [0.2, 0.25) is 11.8 Å². The summed E-state index contributed by atoms with van der Waals surface area (Å²) in [5, 5.41) is 3.49. The molecular weight excluding hydrogens is 314 g/mol. The summed E-state index contributed by atoms with van der Waals surface area (Å²) >= 11 is 6.15. The van der Waals surface area contributed by atoms with Crippen LogP contribution in [0.25, 0.3) is 0 Å². The zero-order valence-electron chi connectivity index (χ0n) is 13.3. The van der Waals surface area contributed by atoms with Crippen LogP contribution >= 0.6 is 11.6 Å². The minimum absolute atomic E-state index is 0.0444. The molecule has 1 aromatic rings. The fraction of sp³-hybridized carbons (Fsp3) is 0.529. The molecule has 1 heterocycles. The van der Waals surface area contributed by atoms with Gasteiger partial charge in [-0.3, -0.25) is 9.59 Å². The first-order valence-electron chi connectivity index (χ1n) is 8.09. The number of benzene rings is 1. The lowest BCUT2D eigenvalue weighted by Crippen LogP contribution is -2.38. The molecule has 0 aromatic heterocycles.